The van der Waals surface area contributed by atoms with Gasteiger partial charge >= 0.3 is 11.9 Å². The molecule has 0 saturated carbocycles. The first-order valence-corrected chi connectivity index (χ1v) is 9.20. The van der Waals surface area contributed by atoms with Crippen molar-refractivity contribution >= 4 is 11.9 Å². The minimum Gasteiger partial charge on any atom is -0.468 e. The Bertz CT molecular complexity index is 699. The Balaban J connectivity index is 2.96. The van der Waals surface area contributed by atoms with Crippen LogP contribution in [0.1, 0.15) is 47.5 Å². The highest BCUT2D eigenvalue weighted by atomic mass is 16.5. The number of esters is 2. The Labute approximate surface area is 163 Å². The molecule has 0 fully saturated rings. The Hall–Kier alpha value is -2.36. The Morgan fingerprint density at radius 3 is 2.15 bits per heavy atom. The SMILES string of the molecule is COC(=O)C(/C=C(C)/C=C/C(C)=C/C=C1\C(C)=CCCC1(C)C)C(=O)OC. The van der Waals surface area contributed by atoms with Crippen molar-refractivity contribution in [3.05, 3.63) is 58.7 Å². The van der Waals surface area contributed by atoms with E-state index in [0.717, 1.165) is 24.0 Å². The van der Waals surface area contributed by atoms with E-state index >= 15 is 0 Å². The van der Waals surface area contributed by atoms with E-state index in [-0.39, 0.29) is 5.41 Å². The first-order valence-electron chi connectivity index (χ1n) is 9.20. The van der Waals surface area contributed by atoms with Crippen LogP contribution in [0.2, 0.25) is 0 Å². The van der Waals surface area contributed by atoms with Gasteiger partial charge in [-0.1, -0.05) is 67.0 Å². The van der Waals surface area contributed by atoms with Gasteiger partial charge in [0.15, 0.2) is 5.92 Å². The van der Waals surface area contributed by atoms with E-state index in [1.165, 1.54) is 25.4 Å². The topological polar surface area (TPSA) is 52.6 Å². The molecule has 0 saturated heterocycles. The molecule has 0 amide bonds. The molecule has 27 heavy (non-hydrogen) atoms. The molecule has 0 aliphatic heterocycles. The number of hydrogen-bond acceptors (Lipinski definition) is 4. The summed E-state index contributed by atoms with van der Waals surface area (Å²) in [6.45, 7) is 10.6. The normalized spacial score (nSPS) is 19.4. The van der Waals surface area contributed by atoms with Gasteiger partial charge in [0, 0.05) is 0 Å². The minimum atomic E-state index is -1.05. The molecule has 0 heterocycles. The summed E-state index contributed by atoms with van der Waals surface area (Å²) in [5.74, 6) is -2.31. The number of rotatable bonds is 6. The maximum absolute atomic E-state index is 11.7. The van der Waals surface area contributed by atoms with E-state index in [4.69, 9.17) is 0 Å². The second-order valence-electron chi connectivity index (χ2n) is 7.57. The fourth-order valence-electron chi connectivity index (χ4n) is 3.12. The number of allylic oxidation sites excluding steroid dienone is 9. The van der Waals surface area contributed by atoms with Crippen LogP contribution in [0.4, 0.5) is 0 Å². The third-order valence-electron chi connectivity index (χ3n) is 4.84. The van der Waals surface area contributed by atoms with Crippen molar-refractivity contribution in [1.29, 1.82) is 0 Å². The molecular formula is C23H32O4. The van der Waals surface area contributed by atoms with Crippen LogP contribution in [0.25, 0.3) is 0 Å². The van der Waals surface area contributed by atoms with Gasteiger partial charge in [0.2, 0.25) is 0 Å². The molecule has 0 radical (unpaired) electrons. The number of hydrogen-bond donors (Lipinski definition) is 0. The lowest BCUT2D eigenvalue weighted by atomic mass is 9.73. The number of methoxy groups -OCH3 is 2. The zero-order valence-corrected chi connectivity index (χ0v) is 17.6. The molecule has 0 N–H and O–H groups in total. The molecule has 1 aliphatic carbocycles. The van der Waals surface area contributed by atoms with Crippen LogP contribution in [-0.2, 0) is 19.1 Å². The first-order chi connectivity index (χ1) is 12.6. The van der Waals surface area contributed by atoms with Gasteiger partial charge in [0.05, 0.1) is 14.2 Å². The van der Waals surface area contributed by atoms with E-state index in [0.29, 0.717) is 0 Å². The second kappa shape index (κ2) is 10.1. The molecule has 0 aromatic carbocycles. The van der Waals surface area contributed by atoms with Crippen molar-refractivity contribution in [2.75, 3.05) is 14.2 Å². The summed E-state index contributed by atoms with van der Waals surface area (Å²) in [5, 5.41) is 0. The summed E-state index contributed by atoms with van der Waals surface area (Å²) in [6, 6.07) is 0. The quantitative estimate of drug-likeness (QED) is 0.370. The van der Waals surface area contributed by atoms with Gasteiger partial charge in [-0.15, -0.1) is 0 Å². The molecule has 148 valence electrons. The molecule has 4 nitrogen and oxygen atoms in total. The van der Waals surface area contributed by atoms with Crippen LogP contribution in [0.5, 0.6) is 0 Å². The fourth-order valence-corrected chi connectivity index (χ4v) is 3.12. The van der Waals surface area contributed by atoms with Crippen LogP contribution in [-0.4, -0.2) is 26.2 Å². The molecular weight excluding hydrogens is 340 g/mol. The number of carbonyl (C=O) groups is 2. The van der Waals surface area contributed by atoms with Crippen LogP contribution in [0, 0.1) is 11.3 Å². The summed E-state index contributed by atoms with van der Waals surface area (Å²) >= 11 is 0. The van der Waals surface area contributed by atoms with Crippen LogP contribution < -0.4 is 0 Å². The number of carbonyl (C=O) groups excluding carboxylic acids is 2. The summed E-state index contributed by atoms with van der Waals surface area (Å²) < 4.78 is 9.33. The summed E-state index contributed by atoms with van der Waals surface area (Å²) in [7, 11) is 2.50. The van der Waals surface area contributed by atoms with E-state index in [9.17, 15) is 9.59 Å². The third kappa shape index (κ3) is 6.70. The molecule has 0 bridgehead atoms. The number of ether oxygens (including phenoxy) is 2. The van der Waals surface area contributed by atoms with Gasteiger partial charge in [-0.3, -0.25) is 9.59 Å². The van der Waals surface area contributed by atoms with Crippen molar-refractivity contribution in [2.24, 2.45) is 11.3 Å². The van der Waals surface area contributed by atoms with Crippen LogP contribution in [0.15, 0.2) is 58.7 Å². The molecule has 1 rings (SSSR count). The Morgan fingerprint density at radius 1 is 1.07 bits per heavy atom. The lowest BCUT2D eigenvalue weighted by molar-refractivity contribution is -0.156. The average Bonchev–Trinajstić information content (AvgIpc) is 2.62. The van der Waals surface area contributed by atoms with Gasteiger partial charge in [-0.05, 0) is 44.6 Å². The molecule has 4 heteroatoms. The summed E-state index contributed by atoms with van der Waals surface area (Å²) in [5.41, 5.74) is 4.76. The minimum absolute atomic E-state index is 0.184. The van der Waals surface area contributed by atoms with E-state index in [1.807, 2.05) is 26.0 Å². The standard InChI is InChI=1S/C23H32O4/c1-16(12-13-20-18(3)9-8-14-23(20,4)5)10-11-17(2)15-19(21(24)26-6)22(25)27-7/h9-13,15,19H,8,14H2,1-7H3/b11-10+,16-12+,17-15+,20-13+. The van der Waals surface area contributed by atoms with E-state index in [1.54, 1.807) is 6.08 Å². The van der Waals surface area contributed by atoms with Gasteiger partial charge < -0.3 is 9.47 Å². The zero-order valence-electron chi connectivity index (χ0n) is 17.6. The van der Waals surface area contributed by atoms with Crippen molar-refractivity contribution in [2.45, 2.75) is 47.5 Å². The highest BCUT2D eigenvalue weighted by Gasteiger charge is 2.27. The van der Waals surface area contributed by atoms with Crippen molar-refractivity contribution in [1.82, 2.24) is 0 Å². The van der Waals surface area contributed by atoms with Gasteiger partial charge in [-0.2, -0.15) is 0 Å². The van der Waals surface area contributed by atoms with Gasteiger partial charge in [0.25, 0.3) is 0 Å². The maximum atomic E-state index is 11.7. The Kier molecular flexibility index (Phi) is 8.48. The Morgan fingerprint density at radius 2 is 1.63 bits per heavy atom. The lowest BCUT2D eigenvalue weighted by Gasteiger charge is -2.32. The second-order valence-corrected chi connectivity index (χ2v) is 7.57. The van der Waals surface area contributed by atoms with Crippen molar-refractivity contribution in [3.8, 4) is 0 Å². The van der Waals surface area contributed by atoms with Crippen molar-refractivity contribution in [3.63, 3.8) is 0 Å². The molecule has 0 spiro atoms. The first kappa shape index (κ1) is 22.7. The predicted octanol–water partition coefficient (Wildman–Crippen LogP) is 5.09. The lowest BCUT2D eigenvalue weighted by Crippen LogP contribution is -2.24. The largest absolute Gasteiger partial charge is 0.468 e. The molecule has 0 atom stereocenters. The third-order valence-corrected chi connectivity index (χ3v) is 4.84. The van der Waals surface area contributed by atoms with E-state index in [2.05, 4.69) is 48.5 Å². The van der Waals surface area contributed by atoms with Gasteiger partial charge in [-0.25, -0.2) is 0 Å². The van der Waals surface area contributed by atoms with Crippen molar-refractivity contribution < 1.29 is 19.1 Å². The smallest absolute Gasteiger partial charge is 0.324 e. The summed E-state index contributed by atoms with van der Waals surface area (Å²) in [6.07, 6.45) is 14.3. The van der Waals surface area contributed by atoms with Gasteiger partial charge in [0.1, 0.15) is 0 Å². The van der Waals surface area contributed by atoms with E-state index < -0.39 is 17.9 Å². The summed E-state index contributed by atoms with van der Waals surface area (Å²) in [4.78, 5) is 23.5. The molecule has 0 aromatic heterocycles. The maximum Gasteiger partial charge on any atom is 0.324 e. The van der Waals surface area contributed by atoms with Crippen LogP contribution >= 0.6 is 0 Å². The molecule has 0 aromatic rings. The monoisotopic (exact) mass is 372 g/mol. The highest BCUT2D eigenvalue weighted by molar-refractivity contribution is 5.97. The molecule has 1 aliphatic rings. The highest BCUT2D eigenvalue weighted by Crippen LogP contribution is 2.40. The zero-order chi connectivity index (χ0) is 20.6. The fraction of sp³-hybridized carbons (Fsp3) is 0.478. The predicted molar refractivity (Wildman–Crippen MR) is 109 cm³/mol. The molecule has 0 unspecified atom stereocenters. The van der Waals surface area contributed by atoms with Crippen LogP contribution in [0.3, 0.4) is 0 Å². The average molecular weight is 373 g/mol.